The molecule has 5 nitrogen and oxygen atoms in total. The molecule has 8 heteroatoms. The normalized spacial score (nSPS) is 11.0. The Bertz CT molecular complexity index is 1380. The molecule has 0 spiro atoms. The Balaban J connectivity index is 1.71. The molecular weight excluding hydrogens is 465 g/mol. The van der Waals surface area contributed by atoms with Crippen molar-refractivity contribution in [1.29, 1.82) is 0 Å². The molecule has 0 aliphatic rings. The molecule has 32 heavy (non-hydrogen) atoms. The summed E-state index contributed by atoms with van der Waals surface area (Å²) in [7, 11) is 0. The quantitative estimate of drug-likeness (QED) is 0.277. The summed E-state index contributed by atoms with van der Waals surface area (Å²) in [5, 5.41) is 4.40. The fraction of sp³-hybridized carbons (Fsp3) is 0.125. The van der Waals surface area contributed by atoms with Crippen LogP contribution < -0.4 is 10.9 Å². The minimum atomic E-state index is -0.306. The van der Waals surface area contributed by atoms with Gasteiger partial charge in [-0.05, 0) is 49.7 Å². The highest BCUT2D eigenvalue weighted by Gasteiger charge is 2.17. The Morgan fingerprint density at radius 1 is 1.03 bits per heavy atom. The molecule has 4 aromatic rings. The maximum absolute atomic E-state index is 13.4. The number of hydrogen-bond acceptors (Lipinski definition) is 4. The summed E-state index contributed by atoms with van der Waals surface area (Å²) in [6.07, 6.45) is 0. The van der Waals surface area contributed by atoms with Crippen LogP contribution in [0, 0.1) is 13.8 Å². The lowest BCUT2D eigenvalue weighted by Crippen LogP contribution is -2.23. The van der Waals surface area contributed by atoms with Crippen molar-refractivity contribution in [1.82, 2.24) is 9.55 Å². The van der Waals surface area contributed by atoms with Gasteiger partial charge in [0, 0.05) is 0 Å². The highest BCUT2D eigenvalue weighted by atomic mass is 35.5. The third-order valence-corrected chi connectivity index (χ3v) is 6.47. The van der Waals surface area contributed by atoms with E-state index in [1.807, 2.05) is 44.2 Å². The maximum atomic E-state index is 13.4. The summed E-state index contributed by atoms with van der Waals surface area (Å²) in [6, 6.07) is 18.1. The van der Waals surface area contributed by atoms with Crippen molar-refractivity contribution in [2.75, 3.05) is 11.1 Å². The van der Waals surface area contributed by atoms with Gasteiger partial charge in [0.1, 0.15) is 0 Å². The van der Waals surface area contributed by atoms with E-state index in [0.717, 1.165) is 16.8 Å². The molecule has 0 bridgehead atoms. The number of carbonyl (C=O) groups excluding carboxylic acids is 1. The van der Waals surface area contributed by atoms with Crippen LogP contribution in [0.5, 0.6) is 0 Å². The fourth-order valence-corrected chi connectivity index (χ4v) is 4.70. The first-order valence-corrected chi connectivity index (χ1v) is 11.6. The van der Waals surface area contributed by atoms with E-state index in [0.29, 0.717) is 31.8 Å². The number of aromatic nitrogens is 2. The highest BCUT2D eigenvalue weighted by molar-refractivity contribution is 7.99. The number of nitrogens with zero attached hydrogens (tertiary/aromatic N) is 2. The van der Waals surface area contributed by atoms with Gasteiger partial charge in [-0.1, -0.05) is 70.9 Å². The van der Waals surface area contributed by atoms with Gasteiger partial charge in [-0.3, -0.25) is 14.2 Å². The molecule has 0 radical (unpaired) electrons. The van der Waals surface area contributed by atoms with Gasteiger partial charge in [0.05, 0.1) is 38.1 Å². The Kier molecular flexibility index (Phi) is 6.55. The van der Waals surface area contributed by atoms with Crippen molar-refractivity contribution in [3.63, 3.8) is 0 Å². The van der Waals surface area contributed by atoms with Gasteiger partial charge in [-0.15, -0.1) is 0 Å². The van der Waals surface area contributed by atoms with Crippen LogP contribution in [0.15, 0.2) is 70.6 Å². The number of benzene rings is 3. The highest BCUT2D eigenvalue weighted by Crippen LogP contribution is 2.30. The number of hydrogen-bond donors (Lipinski definition) is 1. The minimum absolute atomic E-state index is 0.0250. The van der Waals surface area contributed by atoms with E-state index in [2.05, 4.69) is 10.3 Å². The zero-order valence-corrected chi connectivity index (χ0v) is 19.7. The number of aryl methyl sites for hydroxylation is 2. The van der Waals surface area contributed by atoms with Gasteiger partial charge in [0.25, 0.3) is 5.56 Å². The molecule has 1 heterocycles. The van der Waals surface area contributed by atoms with Crippen molar-refractivity contribution < 1.29 is 4.79 Å². The van der Waals surface area contributed by atoms with Gasteiger partial charge >= 0.3 is 0 Å². The first-order chi connectivity index (χ1) is 15.3. The van der Waals surface area contributed by atoms with E-state index in [4.69, 9.17) is 23.2 Å². The summed E-state index contributed by atoms with van der Waals surface area (Å²) in [5.41, 5.74) is 3.53. The zero-order valence-electron chi connectivity index (χ0n) is 17.4. The molecule has 1 amide bonds. The molecular formula is C24H19Cl2N3O2S. The predicted octanol–water partition coefficient (Wildman–Crippen LogP) is 6.04. The number of halogens is 2. The van der Waals surface area contributed by atoms with Crippen LogP contribution >= 0.6 is 35.0 Å². The van der Waals surface area contributed by atoms with Crippen LogP contribution in [0.25, 0.3) is 16.6 Å². The summed E-state index contributed by atoms with van der Waals surface area (Å²) in [4.78, 5) is 30.7. The third-order valence-electron chi connectivity index (χ3n) is 4.90. The Labute approximate surface area is 199 Å². The Hall–Kier alpha value is -2.80. The van der Waals surface area contributed by atoms with E-state index in [1.165, 1.54) is 11.8 Å². The summed E-state index contributed by atoms with van der Waals surface area (Å²) < 4.78 is 1.57. The molecule has 162 valence electrons. The molecule has 3 aromatic carbocycles. The van der Waals surface area contributed by atoms with E-state index < -0.39 is 0 Å². The fourth-order valence-electron chi connectivity index (χ4n) is 3.40. The van der Waals surface area contributed by atoms with Crippen LogP contribution in [-0.4, -0.2) is 21.2 Å². The summed E-state index contributed by atoms with van der Waals surface area (Å²) in [5.74, 6) is -0.281. The second kappa shape index (κ2) is 9.36. The first-order valence-electron chi connectivity index (χ1n) is 9.81. The molecule has 1 aromatic heterocycles. The van der Waals surface area contributed by atoms with E-state index in [-0.39, 0.29) is 17.2 Å². The van der Waals surface area contributed by atoms with E-state index in [1.54, 1.807) is 34.9 Å². The summed E-state index contributed by atoms with van der Waals surface area (Å²) in [6.45, 7) is 3.95. The Morgan fingerprint density at radius 3 is 2.47 bits per heavy atom. The number of nitrogens with one attached hydrogen (secondary N) is 1. The molecule has 0 unspecified atom stereocenters. The van der Waals surface area contributed by atoms with E-state index in [9.17, 15) is 9.59 Å². The Morgan fingerprint density at radius 2 is 1.75 bits per heavy atom. The van der Waals surface area contributed by atoms with Gasteiger partial charge in [0.2, 0.25) is 5.91 Å². The van der Waals surface area contributed by atoms with Crippen LogP contribution in [-0.2, 0) is 4.79 Å². The minimum Gasteiger partial charge on any atom is -0.323 e. The van der Waals surface area contributed by atoms with Crippen molar-refractivity contribution in [3.8, 4) is 5.69 Å². The molecule has 0 fully saturated rings. The summed E-state index contributed by atoms with van der Waals surface area (Å²) >= 11 is 13.5. The lowest BCUT2D eigenvalue weighted by atomic mass is 10.1. The number of carbonyl (C=O) groups is 1. The van der Waals surface area contributed by atoms with Crippen molar-refractivity contribution >= 4 is 57.5 Å². The van der Waals surface area contributed by atoms with Gasteiger partial charge in [-0.2, -0.15) is 0 Å². The number of anilines is 1. The third kappa shape index (κ3) is 4.53. The number of amides is 1. The SMILES string of the molecule is Cc1ccc(-n2c(SCC(=O)Nc3c(Cl)cccc3Cl)nc3ccccc3c2=O)c(C)c1. The molecule has 0 atom stereocenters. The van der Waals surface area contributed by atoms with Crippen LogP contribution in [0.1, 0.15) is 11.1 Å². The first kappa shape index (κ1) is 22.4. The number of rotatable bonds is 5. The topological polar surface area (TPSA) is 64.0 Å². The predicted molar refractivity (Wildman–Crippen MR) is 133 cm³/mol. The smallest absolute Gasteiger partial charge is 0.266 e. The molecule has 0 saturated carbocycles. The second-order valence-corrected chi connectivity index (χ2v) is 9.03. The van der Waals surface area contributed by atoms with E-state index >= 15 is 0 Å². The standard InChI is InChI=1S/C24H19Cl2N3O2S/c1-14-10-11-20(15(2)12-14)29-23(31)16-6-3-4-9-19(16)27-24(29)32-13-21(30)28-22-17(25)7-5-8-18(22)26/h3-12H,13H2,1-2H3,(H,28,30). The van der Waals surface area contributed by atoms with Crippen LogP contribution in [0.2, 0.25) is 10.0 Å². The zero-order chi connectivity index (χ0) is 22.8. The number of fused-ring (bicyclic) bond motifs is 1. The number of thioether (sulfide) groups is 1. The molecule has 4 rings (SSSR count). The van der Waals surface area contributed by atoms with Crippen LogP contribution in [0.4, 0.5) is 5.69 Å². The lowest BCUT2D eigenvalue weighted by Gasteiger charge is -2.16. The molecule has 0 saturated heterocycles. The van der Waals surface area contributed by atoms with Gasteiger partial charge in [-0.25, -0.2) is 4.98 Å². The maximum Gasteiger partial charge on any atom is 0.266 e. The van der Waals surface area contributed by atoms with Crippen molar-refractivity contribution in [2.45, 2.75) is 19.0 Å². The molecule has 1 N–H and O–H groups in total. The lowest BCUT2D eigenvalue weighted by molar-refractivity contribution is -0.113. The van der Waals surface area contributed by atoms with Gasteiger partial charge in [0.15, 0.2) is 5.16 Å². The molecule has 0 aliphatic heterocycles. The average Bonchev–Trinajstić information content (AvgIpc) is 2.76. The number of para-hydroxylation sites is 2. The molecule has 0 aliphatic carbocycles. The monoisotopic (exact) mass is 483 g/mol. The average molecular weight is 484 g/mol. The van der Waals surface area contributed by atoms with Crippen molar-refractivity contribution in [3.05, 3.63) is 92.2 Å². The van der Waals surface area contributed by atoms with Crippen LogP contribution in [0.3, 0.4) is 0 Å². The van der Waals surface area contributed by atoms with Crippen molar-refractivity contribution in [2.24, 2.45) is 0 Å². The largest absolute Gasteiger partial charge is 0.323 e. The second-order valence-electron chi connectivity index (χ2n) is 7.28. The van der Waals surface area contributed by atoms with Gasteiger partial charge < -0.3 is 5.32 Å².